The minimum absolute atomic E-state index is 0.0159. The molecule has 2 aliphatic carbocycles. The van der Waals surface area contributed by atoms with Gasteiger partial charge in [-0.15, -0.1) is 0 Å². The molecule has 1 aromatic carbocycles. The van der Waals surface area contributed by atoms with Crippen molar-refractivity contribution in [2.45, 2.75) is 97.3 Å². The van der Waals surface area contributed by atoms with Crippen LogP contribution < -0.4 is 20.7 Å². The lowest BCUT2D eigenvalue weighted by Crippen LogP contribution is -2.46. The van der Waals surface area contributed by atoms with Crippen LogP contribution in [0.2, 0.25) is 0 Å². The van der Waals surface area contributed by atoms with Crippen LogP contribution in [0.1, 0.15) is 89.5 Å². The molecule has 0 saturated heterocycles. The van der Waals surface area contributed by atoms with Crippen molar-refractivity contribution in [2.75, 3.05) is 0 Å². The molecule has 1 saturated carbocycles. The van der Waals surface area contributed by atoms with E-state index < -0.39 is 5.41 Å². The fourth-order valence-electron chi connectivity index (χ4n) is 6.98. The van der Waals surface area contributed by atoms with E-state index in [2.05, 4.69) is 44.2 Å². The van der Waals surface area contributed by atoms with Crippen LogP contribution in [0.25, 0.3) is 17.2 Å². The van der Waals surface area contributed by atoms with Crippen LogP contribution in [0.4, 0.5) is 0 Å². The predicted octanol–water partition coefficient (Wildman–Crippen LogP) is 4.74. The van der Waals surface area contributed by atoms with Crippen molar-refractivity contribution in [1.82, 2.24) is 4.57 Å². The maximum absolute atomic E-state index is 14.0. The zero-order valence-electron chi connectivity index (χ0n) is 22.5. The average Bonchev–Trinajstić information content (AvgIpc) is 3.65. The van der Waals surface area contributed by atoms with E-state index in [9.17, 15) is 9.59 Å². The number of nitrogens with zero attached hydrogens (tertiary/aromatic N) is 1. The summed E-state index contributed by atoms with van der Waals surface area (Å²) in [5.74, 6) is 1.02. The van der Waals surface area contributed by atoms with E-state index in [1.807, 2.05) is 18.4 Å². The SMILES string of the molecule is CC/C1=c2\cc(OC(C)C)cc\c2=C\CCCC2=C1Cn1c2cc2c(c1=O)COC(=O)[C@@]2(CC)C1CC1. The zero-order chi connectivity index (χ0) is 25.9. The number of rotatable bonds is 5. The summed E-state index contributed by atoms with van der Waals surface area (Å²) in [6, 6.07) is 8.63. The minimum atomic E-state index is -0.676. The molecule has 0 bridgehead atoms. The molecule has 4 aliphatic rings. The monoisotopic (exact) mass is 499 g/mol. The molecule has 0 amide bonds. The Morgan fingerprint density at radius 1 is 1.14 bits per heavy atom. The quantitative estimate of drug-likeness (QED) is 0.558. The van der Waals surface area contributed by atoms with Crippen molar-refractivity contribution in [3.8, 4) is 5.75 Å². The maximum atomic E-state index is 14.0. The molecule has 37 heavy (non-hydrogen) atoms. The molecule has 5 heteroatoms. The summed E-state index contributed by atoms with van der Waals surface area (Å²) in [5, 5.41) is 2.45. The van der Waals surface area contributed by atoms with E-state index in [0.29, 0.717) is 18.5 Å². The van der Waals surface area contributed by atoms with Crippen molar-refractivity contribution >= 4 is 23.2 Å². The van der Waals surface area contributed by atoms with Crippen molar-refractivity contribution in [3.63, 3.8) is 0 Å². The molecule has 1 aromatic heterocycles. The molecule has 2 aliphatic heterocycles. The number of allylic oxidation sites excluding steroid dienone is 2. The number of fused-ring (bicyclic) bond motifs is 4. The summed E-state index contributed by atoms with van der Waals surface area (Å²) in [6.07, 6.45) is 8.96. The molecule has 5 nitrogen and oxygen atoms in total. The highest BCUT2D eigenvalue weighted by Gasteiger charge is 2.55. The number of esters is 1. The lowest BCUT2D eigenvalue weighted by Gasteiger charge is -2.36. The molecule has 0 N–H and O–H groups in total. The zero-order valence-corrected chi connectivity index (χ0v) is 22.5. The van der Waals surface area contributed by atoms with Gasteiger partial charge in [0.25, 0.3) is 5.56 Å². The van der Waals surface area contributed by atoms with E-state index in [-0.39, 0.29) is 30.2 Å². The molecule has 1 fully saturated rings. The van der Waals surface area contributed by atoms with E-state index in [4.69, 9.17) is 9.47 Å². The average molecular weight is 500 g/mol. The van der Waals surface area contributed by atoms with Gasteiger partial charge in [0.2, 0.25) is 0 Å². The number of pyridine rings is 1. The van der Waals surface area contributed by atoms with Gasteiger partial charge >= 0.3 is 5.97 Å². The van der Waals surface area contributed by atoms with E-state index in [1.165, 1.54) is 27.2 Å². The number of benzene rings is 1. The standard InChI is InChI=1S/C32H37NO4/c1-5-23-25-15-22(37-19(3)4)14-11-20(25)9-7-8-10-24-26(23)17-33-29(24)16-28-27(30(33)34)18-36-31(35)32(28,6-2)21-12-13-21/h9,11,14-16,19,21H,5-8,10,12-13,17-18H2,1-4H3/b20-9-,25-23-/t32-/m0/s1. The Morgan fingerprint density at radius 3 is 2.65 bits per heavy atom. The Hall–Kier alpha value is -3.08. The second kappa shape index (κ2) is 9.04. The Labute approximate surface area is 218 Å². The smallest absolute Gasteiger partial charge is 0.317 e. The van der Waals surface area contributed by atoms with Gasteiger partial charge in [0.1, 0.15) is 12.4 Å². The molecule has 1 atom stereocenters. The number of cyclic esters (lactones) is 1. The highest BCUT2D eigenvalue weighted by Crippen LogP contribution is 2.53. The predicted molar refractivity (Wildman–Crippen MR) is 146 cm³/mol. The Balaban J connectivity index is 1.59. The van der Waals surface area contributed by atoms with Crippen LogP contribution in [0.15, 0.2) is 34.6 Å². The number of ether oxygens (including phenoxy) is 2. The van der Waals surface area contributed by atoms with Gasteiger partial charge in [-0.2, -0.15) is 0 Å². The van der Waals surface area contributed by atoms with Gasteiger partial charge in [-0.1, -0.05) is 26.0 Å². The summed E-state index contributed by atoms with van der Waals surface area (Å²) in [5.41, 5.74) is 5.80. The first-order valence-electron chi connectivity index (χ1n) is 14.1. The summed E-state index contributed by atoms with van der Waals surface area (Å²) >= 11 is 0. The Kier molecular flexibility index (Phi) is 5.93. The third-order valence-electron chi connectivity index (χ3n) is 8.85. The third-order valence-corrected chi connectivity index (χ3v) is 8.85. The van der Waals surface area contributed by atoms with Gasteiger partial charge in [0.05, 0.1) is 23.6 Å². The lowest BCUT2D eigenvalue weighted by molar-refractivity contribution is -0.155. The van der Waals surface area contributed by atoms with Crippen LogP contribution in [0.5, 0.6) is 5.75 Å². The highest BCUT2D eigenvalue weighted by molar-refractivity contribution is 5.88. The fraction of sp³-hybridized carbons (Fsp3) is 0.500. The van der Waals surface area contributed by atoms with Crippen molar-refractivity contribution in [3.05, 3.63) is 67.5 Å². The van der Waals surface area contributed by atoms with Crippen LogP contribution >= 0.6 is 0 Å². The molecular formula is C32H37NO4. The number of hydrogen-bond donors (Lipinski definition) is 0. The van der Waals surface area contributed by atoms with Crippen LogP contribution in [0, 0.1) is 5.92 Å². The van der Waals surface area contributed by atoms with Gasteiger partial charge < -0.3 is 14.0 Å². The third kappa shape index (κ3) is 3.72. The van der Waals surface area contributed by atoms with Crippen molar-refractivity contribution in [2.24, 2.45) is 5.92 Å². The van der Waals surface area contributed by atoms with Crippen LogP contribution in [-0.4, -0.2) is 16.6 Å². The first kappa shape index (κ1) is 24.3. The topological polar surface area (TPSA) is 57.5 Å². The van der Waals surface area contributed by atoms with Gasteiger partial charge in [0.15, 0.2) is 0 Å². The number of aromatic nitrogens is 1. The van der Waals surface area contributed by atoms with Gasteiger partial charge in [-0.3, -0.25) is 9.59 Å². The second-order valence-corrected chi connectivity index (χ2v) is 11.3. The van der Waals surface area contributed by atoms with Crippen LogP contribution in [0.3, 0.4) is 0 Å². The molecule has 0 radical (unpaired) electrons. The highest BCUT2D eigenvalue weighted by atomic mass is 16.5. The van der Waals surface area contributed by atoms with E-state index in [1.54, 1.807) is 0 Å². The largest absolute Gasteiger partial charge is 0.491 e. The summed E-state index contributed by atoms with van der Waals surface area (Å²) in [4.78, 5) is 27.2. The molecule has 6 rings (SSSR count). The lowest BCUT2D eigenvalue weighted by atomic mass is 9.71. The Morgan fingerprint density at radius 2 is 1.95 bits per heavy atom. The number of carbonyl (C=O) groups is 1. The summed E-state index contributed by atoms with van der Waals surface area (Å²) < 4.78 is 13.7. The summed E-state index contributed by atoms with van der Waals surface area (Å²) in [6.45, 7) is 9.03. The van der Waals surface area contributed by atoms with Crippen molar-refractivity contribution < 1.29 is 14.3 Å². The fourth-order valence-corrected chi connectivity index (χ4v) is 6.98. The van der Waals surface area contributed by atoms with Crippen molar-refractivity contribution in [1.29, 1.82) is 0 Å². The molecule has 2 aromatic rings. The minimum Gasteiger partial charge on any atom is -0.491 e. The second-order valence-electron chi connectivity index (χ2n) is 11.3. The van der Waals surface area contributed by atoms with Crippen LogP contribution in [-0.2, 0) is 28.1 Å². The molecule has 0 unspecified atom stereocenters. The molecule has 0 spiro atoms. The van der Waals surface area contributed by atoms with Gasteiger partial charge in [-0.05, 0) is 116 Å². The van der Waals surface area contributed by atoms with E-state index in [0.717, 1.165) is 55.5 Å². The summed E-state index contributed by atoms with van der Waals surface area (Å²) in [7, 11) is 0. The number of hydrogen-bond acceptors (Lipinski definition) is 4. The Bertz CT molecular complexity index is 1500. The normalized spacial score (nSPS) is 25.1. The maximum Gasteiger partial charge on any atom is 0.317 e. The molecular weight excluding hydrogens is 462 g/mol. The molecule has 3 heterocycles. The first-order valence-corrected chi connectivity index (χ1v) is 14.1. The molecule has 194 valence electrons. The first-order chi connectivity index (χ1) is 17.9. The van der Waals surface area contributed by atoms with Gasteiger partial charge in [-0.25, -0.2) is 0 Å². The van der Waals surface area contributed by atoms with Gasteiger partial charge in [0, 0.05) is 5.69 Å². The number of carbonyl (C=O) groups excluding carboxylic acids is 1. The van der Waals surface area contributed by atoms with E-state index >= 15 is 0 Å².